The molecule has 1 atom stereocenters. The molecular formula is C17H19NO2. The van der Waals surface area contributed by atoms with Gasteiger partial charge < -0.3 is 9.94 Å². The van der Waals surface area contributed by atoms with Crippen molar-refractivity contribution in [2.75, 3.05) is 0 Å². The van der Waals surface area contributed by atoms with E-state index in [0.717, 1.165) is 15.9 Å². The van der Waals surface area contributed by atoms with E-state index < -0.39 is 0 Å². The first-order valence-electron chi connectivity index (χ1n) is 6.72. The van der Waals surface area contributed by atoms with Crippen LogP contribution >= 0.6 is 0 Å². The third-order valence-corrected chi connectivity index (χ3v) is 2.91. The summed E-state index contributed by atoms with van der Waals surface area (Å²) in [4.78, 5) is 0. The van der Waals surface area contributed by atoms with Crippen molar-refractivity contribution in [3.05, 3.63) is 77.0 Å². The predicted octanol–water partition coefficient (Wildman–Crippen LogP) is 3.37. The normalized spacial score (nSPS) is 13.2. The molecule has 2 aromatic carbocycles. The first-order chi connectivity index (χ1) is 9.74. The van der Waals surface area contributed by atoms with Gasteiger partial charge in [-0.15, -0.1) is 0 Å². The summed E-state index contributed by atoms with van der Waals surface area (Å²) in [7, 11) is 0. The van der Waals surface area contributed by atoms with Crippen LogP contribution in [0.4, 0.5) is 0 Å². The van der Waals surface area contributed by atoms with Crippen molar-refractivity contribution in [1.29, 1.82) is 0 Å². The minimum Gasteiger partial charge on any atom is -0.624 e. The van der Waals surface area contributed by atoms with E-state index in [-0.39, 0.29) is 6.10 Å². The lowest BCUT2D eigenvalue weighted by Crippen LogP contribution is -2.17. The average molecular weight is 269 g/mol. The fourth-order valence-electron chi connectivity index (χ4n) is 1.90. The number of rotatable bonds is 6. The molecule has 0 heterocycles. The van der Waals surface area contributed by atoms with Gasteiger partial charge in [-0.25, -0.2) is 4.74 Å². The minimum absolute atomic E-state index is 0.212. The zero-order valence-corrected chi connectivity index (χ0v) is 11.6. The standard InChI is InChI=1S/C17H19NO2/c1-15(20-14-17-10-6-3-7-11-17)12-18(19)13-16-8-4-2-5-9-16/h2-12,15H,13-14H2,1H3. The van der Waals surface area contributed by atoms with E-state index in [1.807, 2.05) is 67.6 Å². The summed E-state index contributed by atoms with van der Waals surface area (Å²) in [5.74, 6) is 0. The first kappa shape index (κ1) is 14.3. The number of benzene rings is 2. The molecule has 0 aliphatic carbocycles. The summed E-state index contributed by atoms with van der Waals surface area (Å²) >= 11 is 0. The van der Waals surface area contributed by atoms with Crippen LogP contribution in [0.1, 0.15) is 18.1 Å². The lowest BCUT2D eigenvalue weighted by Gasteiger charge is -2.10. The lowest BCUT2D eigenvalue weighted by atomic mass is 10.2. The summed E-state index contributed by atoms with van der Waals surface area (Å²) in [5, 5.41) is 11.8. The van der Waals surface area contributed by atoms with Crippen molar-refractivity contribution in [3.8, 4) is 0 Å². The van der Waals surface area contributed by atoms with Gasteiger partial charge in [-0.2, -0.15) is 0 Å². The Morgan fingerprint density at radius 1 is 1.00 bits per heavy atom. The fourth-order valence-corrected chi connectivity index (χ4v) is 1.90. The number of hydrogen-bond donors (Lipinski definition) is 0. The van der Waals surface area contributed by atoms with Gasteiger partial charge in [0, 0.05) is 5.56 Å². The van der Waals surface area contributed by atoms with Crippen LogP contribution < -0.4 is 0 Å². The topological polar surface area (TPSA) is 35.3 Å². The van der Waals surface area contributed by atoms with Gasteiger partial charge in [0.25, 0.3) is 0 Å². The van der Waals surface area contributed by atoms with Gasteiger partial charge in [0.15, 0.2) is 12.8 Å². The first-order valence-corrected chi connectivity index (χ1v) is 6.72. The number of nitrogens with zero attached hydrogens (tertiary/aromatic N) is 1. The highest BCUT2D eigenvalue weighted by atomic mass is 16.5. The summed E-state index contributed by atoms with van der Waals surface area (Å²) in [6.45, 7) is 2.73. The maximum Gasteiger partial charge on any atom is 0.179 e. The van der Waals surface area contributed by atoms with Crippen LogP contribution in [0.25, 0.3) is 0 Å². The highest BCUT2D eigenvalue weighted by Gasteiger charge is 2.05. The van der Waals surface area contributed by atoms with Crippen LogP contribution in [-0.4, -0.2) is 17.1 Å². The summed E-state index contributed by atoms with van der Waals surface area (Å²) in [6.07, 6.45) is 1.35. The van der Waals surface area contributed by atoms with Gasteiger partial charge in [-0.1, -0.05) is 60.7 Å². The van der Waals surface area contributed by atoms with E-state index in [9.17, 15) is 5.21 Å². The van der Waals surface area contributed by atoms with Gasteiger partial charge in [-0.3, -0.25) is 0 Å². The lowest BCUT2D eigenvalue weighted by molar-refractivity contribution is -0.472. The second-order valence-electron chi connectivity index (χ2n) is 4.71. The molecule has 0 aromatic heterocycles. The molecule has 0 N–H and O–H groups in total. The third-order valence-electron chi connectivity index (χ3n) is 2.91. The van der Waals surface area contributed by atoms with Gasteiger partial charge in [0.05, 0.1) is 6.61 Å². The number of hydrogen-bond acceptors (Lipinski definition) is 2. The second-order valence-corrected chi connectivity index (χ2v) is 4.71. The molecule has 20 heavy (non-hydrogen) atoms. The Morgan fingerprint density at radius 3 is 2.15 bits per heavy atom. The number of ether oxygens (including phenoxy) is 1. The van der Waals surface area contributed by atoms with Crippen LogP contribution in [0.2, 0.25) is 0 Å². The predicted molar refractivity (Wildman–Crippen MR) is 80.5 cm³/mol. The minimum atomic E-state index is -0.212. The van der Waals surface area contributed by atoms with Crippen LogP contribution in [0.15, 0.2) is 60.7 Å². The molecule has 3 heteroatoms. The second kappa shape index (κ2) is 7.46. The SMILES string of the molecule is CC(C=[N+]([O-])Cc1ccccc1)OCc1ccccc1. The van der Waals surface area contributed by atoms with E-state index in [1.54, 1.807) is 6.21 Å². The summed E-state index contributed by atoms with van der Waals surface area (Å²) < 4.78 is 6.56. The molecular weight excluding hydrogens is 250 g/mol. The molecule has 1 unspecified atom stereocenters. The van der Waals surface area contributed by atoms with Crippen molar-refractivity contribution >= 4 is 6.21 Å². The molecule has 2 aromatic rings. The molecule has 2 rings (SSSR count). The van der Waals surface area contributed by atoms with Crippen LogP contribution in [0.3, 0.4) is 0 Å². The third kappa shape index (κ3) is 4.86. The van der Waals surface area contributed by atoms with Crippen molar-refractivity contribution < 1.29 is 9.48 Å². The Hall–Kier alpha value is -2.13. The van der Waals surface area contributed by atoms with Crippen LogP contribution in [0.5, 0.6) is 0 Å². The Bertz CT molecular complexity index is 537. The van der Waals surface area contributed by atoms with Crippen LogP contribution in [-0.2, 0) is 17.9 Å². The zero-order valence-electron chi connectivity index (χ0n) is 11.6. The smallest absolute Gasteiger partial charge is 0.179 e. The Balaban J connectivity index is 1.83. The number of hydroxylamine groups is 1. The van der Waals surface area contributed by atoms with E-state index in [4.69, 9.17) is 4.74 Å². The van der Waals surface area contributed by atoms with E-state index in [1.165, 1.54) is 0 Å². The van der Waals surface area contributed by atoms with E-state index >= 15 is 0 Å². The highest BCUT2D eigenvalue weighted by Crippen LogP contribution is 2.03. The van der Waals surface area contributed by atoms with Gasteiger partial charge in [0.1, 0.15) is 6.10 Å². The van der Waals surface area contributed by atoms with Crippen LogP contribution in [0, 0.1) is 5.21 Å². The monoisotopic (exact) mass is 269 g/mol. The molecule has 104 valence electrons. The van der Waals surface area contributed by atoms with Gasteiger partial charge >= 0.3 is 0 Å². The fraction of sp³-hybridized carbons (Fsp3) is 0.235. The molecule has 0 aliphatic heterocycles. The maximum absolute atomic E-state index is 11.8. The molecule has 0 saturated carbocycles. The molecule has 0 amide bonds. The summed E-state index contributed by atoms with van der Waals surface area (Å²) in [6, 6.07) is 19.6. The molecule has 0 radical (unpaired) electrons. The quantitative estimate of drug-likeness (QED) is 0.349. The zero-order chi connectivity index (χ0) is 14.2. The summed E-state index contributed by atoms with van der Waals surface area (Å²) in [5.41, 5.74) is 2.10. The Kier molecular flexibility index (Phi) is 5.33. The highest BCUT2D eigenvalue weighted by molar-refractivity contribution is 5.57. The van der Waals surface area contributed by atoms with Crippen molar-refractivity contribution in [3.63, 3.8) is 0 Å². The molecule has 0 bridgehead atoms. The molecule has 3 nitrogen and oxygen atoms in total. The van der Waals surface area contributed by atoms with Crippen molar-refractivity contribution in [2.45, 2.75) is 26.2 Å². The molecule has 0 spiro atoms. The van der Waals surface area contributed by atoms with Gasteiger partial charge in [0.2, 0.25) is 0 Å². The molecule has 0 fully saturated rings. The van der Waals surface area contributed by atoms with E-state index in [2.05, 4.69) is 0 Å². The van der Waals surface area contributed by atoms with Gasteiger partial charge in [-0.05, 0) is 12.5 Å². The average Bonchev–Trinajstić information content (AvgIpc) is 2.47. The largest absolute Gasteiger partial charge is 0.624 e. The maximum atomic E-state index is 11.8. The Labute approximate surface area is 119 Å². The van der Waals surface area contributed by atoms with Crippen molar-refractivity contribution in [1.82, 2.24) is 0 Å². The Morgan fingerprint density at radius 2 is 1.55 bits per heavy atom. The van der Waals surface area contributed by atoms with Crippen molar-refractivity contribution in [2.24, 2.45) is 0 Å². The molecule has 0 aliphatic rings. The molecule has 0 saturated heterocycles. The van der Waals surface area contributed by atoms with E-state index in [0.29, 0.717) is 13.2 Å².